The number of nitrogens with one attached hydrogen (secondary N) is 2. The summed E-state index contributed by atoms with van der Waals surface area (Å²) in [7, 11) is 26.6. The minimum atomic E-state index is -0.333. The number of nitrogens with zero attached hydrogens (tertiary/aromatic N) is 4. The number of Topliss-reactive ketones (excluding diaryl/α,β-unsaturated/α-hetero) is 1. The van der Waals surface area contributed by atoms with Crippen LogP contribution in [0, 0.1) is 23.2 Å². The van der Waals surface area contributed by atoms with Crippen LogP contribution in [0.1, 0.15) is 237 Å². The number of methoxy groups -OCH3 is 3. The zero-order valence-electron chi connectivity index (χ0n) is 66.9. The molecule has 0 radical (unpaired) electrons. The number of esters is 1. The molecule has 0 unspecified atom stereocenters. The van der Waals surface area contributed by atoms with Gasteiger partial charge >= 0.3 is 5.97 Å². The number of carbonyl (C=O) groups excluding carboxylic acids is 3. The summed E-state index contributed by atoms with van der Waals surface area (Å²) in [6.07, 6.45) is 18.0. The maximum absolute atomic E-state index is 9.59. The SMILES string of the molecule is CC(C)(C)C.CC(C)=O.CC(C)C.CC(N)=O.CC1CC1.CCC.CCC(C)C.CCCCN.CCCCN(C)C.CCCNC.CCCNC.CCCO.CCN(C)C.CCOC.CN(C)C.CN1CCOCC1.COC.COC(C)=O.CSC. The van der Waals surface area contributed by atoms with E-state index in [1.165, 1.54) is 106 Å². The molecule has 0 spiro atoms. The molecule has 2 fully saturated rings. The van der Waals surface area contributed by atoms with Crippen LogP contribution in [-0.2, 0) is 33.3 Å². The Morgan fingerprint density at radius 2 is 0.907 bits per heavy atom. The van der Waals surface area contributed by atoms with Crippen molar-refractivity contribution < 1.29 is 38.4 Å². The zero-order valence-corrected chi connectivity index (χ0v) is 67.8. The third-order valence-corrected chi connectivity index (χ3v) is 6.87. The van der Waals surface area contributed by atoms with Crippen molar-refractivity contribution in [1.29, 1.82) is 0 Å². The second-order valence-corrected chi connectivity index (χ2v) is 24.2. The van der Waals surface area contributed by atoms with E-state index in [1.807, 2.05) is 66.5 Å². The summed E-state index contributed by atoms with van der Waals surface area (Å²) >= 11 is 1.75. The quantitative estimate of drug-likeness (QED) is 0.109. The Morgan fingerprint density at radius 3 is 0.942 bits per heavy atom. The van der Waals surface area contributed by atoms with E-state index in [0.717, 1.165) is 83.3 Å². The predicted octanol–water partition coefficient (Wildman–Crippen LogP) is 15.2. The molecule has 0 aromatic heterocycles. The number of thioether (sulfide) groups is 1. The first-order valence-electron chi connectivity index (χ1n) is 32.5. The van der Waals surface area contributed by atoms with E-state index in [4.69, 9.17) is 15.6 Å². The van der Waals surface area contributed by atoms with Crippen LogP contribution < -0.4 is 22.1 Å². The van der Waals surface area contributed by atoms with Gasteiger partial charge in [0.1, 0.15) is 5.78 Å². The Hall–Kier alpha value is -1.48. The molecule has 2 rings (SSSR count). The lowest BCUT2D eigenvalue weighted by molar-refractivity contribution is -0.138. The molecule has 1 heterocycles. The highest BCUT2D eigenvalue weighted by Crippen LogP contribution is 2.26. The minimum absolute atomic E-state index is 0.167. The second kappa shape index (κ2) is 141. The van der Waals surface area contributed by atoms with Gasteiger partial charge in [0.25, 0.3) is 0 Å². The third kappa shape index (κ3) is 724. The van der Waals surface area contributed by atoms with Crippen LogP contribution >= 0.6 is 11.8 Å². The van der Waals surface area contributed by atoms with E-state index in [2.05, 4.69) is 205 Å². The van der Waals surface area contributed by atoms with Gasteiger partial charge in [0.05, 0.1) is 20.3 Å². The fraction of sp³-hybridized carbons (Fsp3) is 0.957. The standard InChI is InChI=1S/C6H15N.C5H11NO.2C5H12.4C4H11N.C4H8.C4H10.C3H9N.C3H6O2.C3H8O.C3H6O.C3H8O.C3H8.C2H5NO.C2H6O.C2H6S/c1-4-5-6-7(2)3;1-6-2-4-7-5-3-6;1-5(2,3)4;2*1-4-5(2)3;2*1-3-4-5-2;1-2-3-4-5;1-4-2-3-4;2*1-4(2)3;1-3(4)5-2;1-3-4-2;1-3(2)4;1-2-3-4;1-3-2;1-2(3)4;2*1-3-2/h4-6H2,1-3H3;2-5H2,1H3;1-4H3;5H,4H2,1-3H3;4H2,1-3H3;2*5H,3-4H2,1-2H3;2-5H2,1H3;4H,2-3H2,1H3;4H,1-3H3;1-3H3;1-2H3;3H2,1-2H3;1-2H3;4H,2-3H2,1H3;3H2,1-2H3;1H3,(H2,3,4);2*1-2H3. The van der Waals surface area contributed by atoms with Gasteiger partial charge in [-0.1, -0.05) is 170 Å². The van der Waals surface area contributed by atoms with Crippen molar-refractivity contribution in [1.82, 2.24) is 30.2 Å². The van der Waals surface area contributed by atoms with Crippen LogP contribution in [-0.4, -0.2) is 226 Å². The second-order valence-electron chi connectivity index (χ2n) is 23.4. The number of likely N-dealkylation sites (N-methyl/N-ethyl adjacent to an activating group) is 1. The molecule has 1 amide bonds. The van der Waals surface area contributed by atoms with Crippen molar-refractivity contribution in [2.45, 2.75) is 237 Å². The number of rotatable bonds is 13. The maximum Gasteiger partial charge on any atom is 0.302 e. The van der Waals surface area contributed by atoms with Gasteiger partial charge in [-0.05, 0) is 192 Å². The Morgan fingerprint density at radius 1 is 0.686 bits per heavy atom. The molecular formula is C69H174N8O8S. The molecular weight excluding hydrogens is 1100 g/mol. The van der Waals surface area contributed by atoms with Crippen LogP contribution in [0.5, 0.6) is 0 Å². The van der Waals surface area contributed by atoms with E-state index in [0.29, 0.717) is 12.0 Å². The van der Waals surface area contributed by atoms with Crippen molar-refractivity contribution in [2.24, 2.45) is 34.6 Å². The van der Waals surface area contributed by atoms with Crippen molar-refractivity contribution in [3.05, 3.63) is 0 Å². The molecule has 17 heteroatoms. The number of unbranched alkanes of at least 4 members (excludes halogenated alkanes) is 2. The van der Waals surface area contributed by atoms with Gasteiger partial charge in [-0.2, -0.15) is 11.8 Å². The maximum atomic E-state index is 9.59. The molecule has 0 aromatic carbocycles. The summed E-state index contributed by atoms with van der Waals surface area (Å²) in [5, 5.41) is 13.9. The molecule has 544 valence electrons. The van der Waals surface area contributed by atoms with Crippen molar-refractivity contribution >= 4 is 29.4 Å². The lowest BCUT2D eigenvalue weighted by Gasteiger charge is -2.21. The van der Waals surface area contributed by atoms with Crippen LogP contribution in [0.25, 0.3) is 0 Å². The number of aliphatic hydroxyl groups is 1. The van der Waals surface area contributed by atoms with Gasteiger partial charge < -0.3 is 70.5 Å². The van der Waals surface area contributed by atoms with Crippen LogP contribution in [0.2, 0.25) is 0 Å². The lowest BCUT2D eigenvalue weighted by atomic mass is 10.0. The van der Waals surface area contributed by atoms with E-state index in [-0.39, 0.29) is 17.7 Å². The van der Waals surface area contributed by atoms with E-state index in [1.54, 1.807) is 33.1 Å². The highest BCUT2D eigenvalue weighted by Gasteiger charge is 2.12. The average Bonchev–Trinajstić information content (AvgIpc) is 4.19. The molecule has 1 saturated heterocycles. The fourth-order valence-corrected chi connectivity index (χ4v) is 2.00. The van der Waals surface area contributed by atoms with Crippen molar-refractivity contribution in [3.63, 3.8) is 0 Å². The number of ether oxygens (including phenoxy) is 4. The first-order chi connectivity index (χ1) is 39.6. The molecule has 86 heavy (non-hydrogen) atoms. The fourth-order valence-electron chi connectivity index (χ4n) is 2.00. The number of hydrogen-bond acceptors (Lipinski definition) is 16. The first kappa shape index (κ1) is 129. The third-order valence-electron chi connectivity index (χ3n) is 6.87. The number of hydrogen-bond donors (Lipinski definition) is 5. The largest absolute Gasteiger partial charge is 0.469 e. The zero-order chi connectivity index (χ0) is 72.8. The number of amides is 1. The van der Waals surface area contributed by atoms with Gasteiger partial charge in [0, 0.05) is 61.5 Å². The van der Waals surface area contributed by atoms with E-state index in [9.17, 15) is 14.4 Å². The normalized spacial score (nSPS) is 10.5. The average molecular weight is 1280 g/mol. The summed E-state index contributed by atoms with van der Waals surface area (Å²) in [5.74, 6) is 2.39. The number of ketones is 1. The van der Waals surface area contributed by atoms with Crippen LogP contribution in [0.3, 0.4) is 0 Å². The molecule has 0 aromatic rings. The number of carbonyl (C=O) groups is 3. The molecule has 1 saturated carbocycles. The van der Waals surface area contributed by atoms with Gasteiger partial charge in [-0.3, -0.25) is 9.59 Å². The summed E-state index contributed by atoms with van der Waals surface area (Å²) < 4.78 is 18.0. The number of nitrogens with two attached hydrogens (primary N) is 2. The highest BCUT2D eigenvalue weighted by atomic mass is 32.2. The molecule has 1 aliphatic carbocycles. The minimum Gasteiger partial charge on any atom is -0.469 e. The van der Waals surface area contributed by atoms with Crippen molar-refractivity contribution in [2.75, 3.05) is 184 Å². The molecule has 0 bridgehead atoms. The monoisotopic (exact) mass is 1280 g/mol. The summed E-state index contributed by atoms with van der Waals surface area (Å²) in [6.45, 7) is 59.5. The smallest absolute Gasteiger partial charge is 0.302 e. The number of aliphatic hydroxyl groups excluding tert-OH is 1. The predicted molar refractivity (Wildman–Crippen MR) is 399 cm³/mol. The van der Waals surface area contributed by atoms with Gasteiger partial charge in [-0.15, -0.1) is 0 Å². The summed E-state index contributed by atoms with van der Waals surface area (Å²) in [5.41, 5.74) is 10.1. The topological polar surface area (TPSA) is 197 Å². The Bertz CT molecular complexity index is 882. The van der Waals surface area contributed by atoms with Gasteiger partial charge in [-0.25, -0.2) is 0 Å². The molecule has 0 atom stereocenters. The Kier molecular flexibility index (Phi) is 212. The lowest BCUT2D eigenvalue weighted by Crippen LogP contribution is -2.32. The van der Waals surface area contributed by atoms with Crippen LogP contribution in [0.4, 0.5) is 0 Å². The molecule has 16 nitrogen and oxygen atoms in total. The van der Waals surface area contributed by atoms with E-state index >= 15 is 0 Å². The van der Waals surface area contributed by atoms with E-state index < -0.39 is 0 Å². The first-order valence-corrected chi connectivity index (χ1v) is 34.1. The van der Waals surface area contributed by atoms with Gasteiger partial charge in [0.15, 0.2) is 0 Å². The summed E-state index contributed by atoms with van der Waals surface area (Å²) in [6, 6.07) is 0. The Labute approximate surface area is 550 Å². The number of morpholine rings is 1. The highest BCUT2D eigenvalue weighted by molar-refractivity contribution is 7.97. The van der Waals surface area contributed by atoms with Gasteiger partial charge in [0.2, 0.25) is 5.91 Å². The molecule has 2 aliphatic rings. The van der Waals surface area contributed by atoms with Crippen LogP contribution in [0.15, 0.2) is 0 Å². The Balaban J connectivity index is -0.0000000391. The number of primary amides is 1. The molecule has 7 N–H and O–H groups in total. The molecule has 1 aliphatic heterocycles. The van der Waals surface area contributed by atoms with Crippen molar-refractivity contribution in [3.8, 4) is 0 Å². The summed E-state index contributed by atoms with van der Waals surface area (Å²) in [4.78, 5) is 36.9.